The van der Waals surface area contributed by atoms with E-state index in [0.29, 0.717) is 24.1 Å². The third kappa shape index (κ3) is 3.54. The number of anilines is 1. The lowest BCUT2D eigenvalue weighted by Gasteiger charge is -2.28. The summed E-state index contributed by atoms with van der Waals surface area (Å²) in [5.74, 6) is 0. The predicted octanol–water partition coefficient (Wildman–Crippen LogP) is 3.74. The van der Waals surface area contributed by atoms with Crippen molar-refractivity contribution < 1.29 is 17.9 Å². The molecule has 2 aromatic heterocycles. The van der Waals surface area contributed by atoms with E-state index >= 15 is 0 Å². The molecule has 3 heterocycles. The standard InChI is InChI=1S/C22H19F3N4O2/c23-22(24,25)14-28-19-4-2-1-3-17(19)20-18(21(28)30)13-26-29(20)16-7-5-15(6-8-16)27-9-11-31-12-10-27/h1-8,13H,9-12,14H2. The van der Waals surface area contributed by atoms with Gasteiger partial charge in [0.2, 0.25) is 0 Å². The second-order valence-electron chi connectivity index (χ2n) is 7.46. The van der Waals surface area contributed by atoms with Gasteiger partial charge in [-0.1, -0.05) is 18.2 Å². The van der Waals surface area contributed by atoms with Gasteiger partial charge in [0.25, 0.3) is 5.56 Å². The lowest BCUT2D eigenvalue weighted by atomic mass is 10.1. The number of fused-ring (bicyclic) bond motifs is 3. The molecule has 1 aliphatic heterocycles. The number of para-hydroxylation sites is 1. The molecule has 0 saturated carbocycles. The van der Waals surface area contributed by atoms with Crippen molar-refractivity contribution >= 4 is 27.5 Å². The molecule has 0 atom stereocenters. The molecule has 0 spiro atoms. The molecule has 9 heteroatoms. The highest BCUT2D eigenvalue weighted by molar-refractivity contribution is 6.04. The third-order valence-corrected chi connectivity index (χ3v) is 5.50. The van der Waals surface area contributed by atoms with Crippen LogP contribution in [0, 0.1) is 0 Å². The Hall–Kier alpha value is -3.33. The Labute approximate surface area is 175 Å². The van der Waals surface area contributed by atoms with E-state index < -0.39 is 18.3 Å². The summed E-state index contributed by atoms with van der Waals surface area (Å²) in [5, 5.41) is 5.04. The summed E-state index contributed by atoms with van der Waals surface area (Å²) < 4.78 is 47.1. The highest BCUT2D eigenvalue weighted by atomic mass is 19.4. The summed E-state index contributed by atoms with van der Waals surface area (Å²) in [5.41, 5.74) is 1.80. The normalized spacial score (nSPS) is 15.1. The molecule has 160 valence electrons. The van der Waals surface area contributed by atoms with Crippen LogP contribution >= 0.6 is 0 Å². The van der Waals surface area contributed by atoms with E-state index in [2.05, 4.69) is 10.00 Å². The molecular weight excluding hydrogens is 409 g/mol. The van der Waals surface area contributed by atoms with Gasteiger partial charge in [-0.05, 0) is 30.3 Å². The highest BCUT2D eigenvalue weighted by Gasteiger charge is 2.30. The van der Waals surface area contributed by atoms with E-state index in [1.807, 2.05) is 24.3 Å². The van der Waals surface area contributed by atoms with E-state index in [-0.39, 0.29) is 10.9 Å². The topological polar surface area (TPSA) is 52.3 Å². The number of hydrogen-bond acceptors (Lipinski definition) is 4. The fraction of sp³-hybridized carbons (Fsp3) is 0.273. The first kappa shape index (κ1) is 19.6. The Morgan fingerprint density at radius 3 is 2.32 bits per heavy atom. The SMILES string of the molecule is O=c1c2cnn(-c3ccc(N4CCOCC4)cc3)c2c2ccccc2n1CC(F)(F)F. The van der Waals surface area contributed by atoms with Gasteiger partial charge in [0.05, 0.1) is 41.5 Å². The highest BCUT2D eigenvalue weighted by Crippen LogP contribution is 2.28. The Morgan fingerprint density at radius 1 is 0.935 bits per heavy atom. The summed E-state index contributed by atoms with van der Waals surface area (Å²) in [4.78, 5) is 15.1. The van der Waals surface area contributed by atoms with Gasteiger partial charge in [-0.15, -0.1) is 0 Å². The maximum absolute atomic E-state index is 13.1. The molecule has 5 rings (SSSR count). The van der Waals surface area contributed by atoms with Crippen molar-refractivity contribution in [3.63, 3.8) is 0 Å². The van der Waals surface area contributed by atoms with Gasteiger partial charge in [-0.3, -0.25) is 9.36 Å². The van der Waals surface area contributed by atoms with Crippen LogP contribution in [0.4, 0.5) is 18.9 Å². The first-order valence-corrected chi connectivity index (χ1v) is 9.91. The zero-order valence-electron chi connectivity index (χ0n) is 16.5. The van der Waals surface area contributed by atoms with Gasteiger partial charge in [0, 0.05) is 24.2 Å². The molecule has 0 bridgehead atoms. The summed E-state index contributed by atoms with van der Waals surface area (Å²) in [6.45, 7) is 1.64. The van der Waals surface area contributed by atoms with E-state index in [9.17, 15) is 18.0 Å². The molecule has 6 nitrogen and oxygen atoms in total. The largest absolute Gasteiger partial charge is 0.406 e. The first-order valence-electron chi connectivity index (χ1n) is 9.91. The number of aromatic nitrogens is 3. The fourth-order valence-corrected chi connectivity index (χ4v) is 4.09. The Kier molecular flexibility index (Phi) is 4.70. The number of nitrogens with zero attached hydrogens (tertiary/aromatic N) is 4. The summed E-state index contributed by atoms with van der Waals surface area (Å²) in [7, 11) is 0. The van der Waals surface area contributed by atoms with Crippen LogP contribution in [0.3, 0.4) is 0 Å². The number of rotatable bonds is 3. The average Bonchev–Trinajstić information content (AvgIpc) is 3.22. The zero-order chi connectivity index (χ0) is 21.6. The average molecular weight is 428 g/mol. The van der Waals surface area contributed by atoms with Crippen molar-refractivity contribution in [2.75, 3.05) is 31.2 Å². The monoisotopic (exact) mass is 428 g/mol. The predicted molar refractivity (Wildman–Crippen MR) is 112 cm³/mol. The molecule has 2 aromatic carbocycles. The van der Waals surface area contributed by atoms with Crippen LogP contribution in [0.15, 0.2) is 59.5 Å². The molecular formula is C22H19F3N4O2. The molecule has 0 N–H and O–H groups in total. The minimum atomic E-state index is -4.51. The van der Waals surface area contributed by atoms with E-state index in [4.69, 9.17) is 4.74 Å². The second-order valence-corrected chi connectivity index (χ2v) is 7.46. The maximum atomic E-state index is 13.1. The van der Waals surface area contributed by atoms with E-state index in [0.717, 1.165) is 29.0 Å². The second kappa shape index (κ2) is 7.42. The Balaban J connectivity index is 1.65. The number of hydrogen-bond donors (Lipinski definition) is 0. The van der Waals surface area contributed by atoms with Crippen molar-refractivity contribution in [2.24, 2.45) is 0 Å². The number of halogens is 3. The third-order valence-electron chi connectivity index (χ3n) is 5.50. The van der Waals surface area contributed by atoms with Crippen molar-refractivity contribution in [3.05, 3.63) is 65.1 Å². The smallest absolute Gasteiger partial charge is 0.378 e. The van der Waals surface area contributed by atoms with Crippen molar-refractivity contribution in [2.45, 2.75) is 12.7 Å². The molecule has 1 saturated heterocycles. The first-order chi connectivity index (χ1) is 14.9. The van der Waals surface area contributed by atoms with Crippen molar-refractivity contribution in [3.8, 4) is 5.69 Å². The molecule has 1 fully saturated rings. The lowest BCUT2D eigenvalue weighted by molar-refractivity contribution is -0.140. The summed E-state index contributed by atoms with van der Waals surface area (Å²) in [6.07, 6.45) is -3.17. The lowest BCUT2D eigenvalue weighted by Crippen LogP contribution is -2.36. The van der Waals surface area contributed by atoms with Crippen molar-refractivity contribution in [1.29, 1.82) is 0 Å². The quantitative estimate of drug-likeness (QED) is 0.499. The molecule has 31 heavy (non-hydrogen) atoms. The van der Waals surface area contributed by atoms with Crippen LogP contribution < -0.4 is 10.5 Å². The number of ether oxygens (including phenoxy) is 1. The van der Waals surface area contributed by atoms with Gasteiger partial charge in [-0.2, -0.15) is 18.3 Å². The van der Waals surface area contributed by atoms with Crippen LogP contribution in [0.5, 0.6) is 0 Å². The molecule has 0 amide bonds. The Morgan fingerprint density at radius 2 is 1.61 bits per heavy atom. The number of pyridine rings is 1. The van der Waals surface area contributed by atoms with Gasteiger partial charge in [0.1, 0.15) is 6.54 Å². The van der Waals surface area contributed by atoms with Crippen LogP contribution in [0.2, 0.25) is 0 Å². The maximum Gasteiger partial charge on any atom is 0.406 e. The minimum Gasteiger partial charge on any atom is -0.378 e. The number of morpholine rings is 1. The van der Waals surface area contributed by atoms with Crippen LogP contribution in [-0.4, -0.2) is 46.8 Å². The Bertz CT molecular complexity index is 1300. The molecule has 0 radical (unpaired) electrons. The van der Waals surface area contributed by atoms with Crippen LogP contribution in [-0.2, 0) is 11.3 Å². The van der Waals surface area contributed by atoms with Crippen LogP contribution in [0.25, 0.3) is 27.5 Å². The van der Waals surface area contributed by atoms with E-state index in [1.165, 1.54) is 12.3 Å². The molecule has 4 aromatic rings. The number of alkyl halides is 3. The minimum absolute atomic E-state index is 0.153. The van der Waals surface area contributed by atoms with Gasteiger partial charge >= 0.3 is 6.18 Å². The number of benzene rings is 2. The van der Waals surface area contributed by atoms with Gasteiger partial charge in [0.15, 0.2) is 0 Å². The van der Waals surface area contributed by atoms with Crippen LogP contribution in [0.1, 0.15) is 0 Å². The van der Waals surface area contributed by atoms with Gasteiger partial charge < -0.3 is 9.64 Å². The summed E-state index contributed by atoms with van der Waals surface area (Å²) >= 11 is 0. The summed E-state index contributed by atoms with van der Waals surface area (Å²) in [6, 6.07) is 14.3. The molecule has 0 unspecified atom stereocenters. The van der Waals surface area contributed by atoms with Crippen molar-refractivity contribution in [1.82, 2.24) is 14.3 Å². The molecule has 0 aliphatic carbocycles. The fourth-order valence-electron chi connectivity index (χ4n) is 4.09. The van der Waals surface area contributed by atoms with E-state index in [1.54, 1.807) is 22.9 Å². The van der Waals surface area contributed by atoms with Gasteiger partial charge in [-0.25, -0.2) is 4.68 Å². The molecule has 1 aliphatic rings. The zero-order valence-corrected chi connectivity index (χ0v) is 16.5.